The first-order chi connectivity index (χ1) is 13.0. The van der Waals surface area contributed by atoms with Gasteiger partial charge in [0.05, 0.1) is 24.3 Å². The van der Waals surface area contributed by atoms with Crippen molar-refractivity contribution in [3.05, 3.63) is 59.4 Å². The molecule has 0 radical (unpaired) electrons. The van der Waals surface area contributed by atoms with Gasteiger partial charge in [0.25, 0.3) is 0 Å². The third-order valence-corrected chi connectivity index (χ3v) is 5.06. The maximum absolute atomic E-state index is 13.8. The van der Waals surface area contributed by atoms with Crippen LogP contribution in [0.2, 0.25) is 0 Å². The van der Waals surface area contributed by atoms with Crippen molar-refractivity contribution in [2.45, 2.75) is 13.0 Å². The molecule has 2 atom stereocenters. The number of benzene rings is 2. The summed E-state index contributed by atoms with van der Waals surface area (Å²) in [4.78, 5) is 14.5. The minimum absolute atomic E-state index is 0.111. The normalized spacial score (nSPS) is 20.4. The second kappa shape index (κ2) is 6.57. The number of ether oxygens (including phenoxy) is 1. The lowest BCUT2D eigenvalue weighted by atomic mass is 9.86. The van der Waals surface area contributed by atoms with Crippen molar-refractivity contribution in [1.29, 1.82) is 0 Å². The van der Waals surface area contributed by atoms with Gasteiger partial charge in [-0.05, 0) is 42.8 Å². The molecule has 1 N–H and O–H groups in total. The Kier molecular flexibility index (Phi) is 4.22. The number of carbonyl (C=O) groups is 1. The van der Waals surface area contributed by atoms with Gasteiger partial charge in [-0.2, -0.15) is 5.10 Å². The van der Waals surface area contributed by atoms with E-state index < -0.39 is 6.04 Å². The van der Waals surface area contributed by atoms with Crippen molar-refractivity contribution in [1.82, 2.24) is 9.91 Å². The highest BCUT2D eigenvalue weighted by molar-refractivity contribution is 6.07. The van der Waals surface area contributed by atoms with Crippen LogP contribution in [0, 0.1) is 11.7 Å². The van der Waals surface area contributed by atoms with E-state index in [2.05, 4.69) is 5.10 Å². The molecule has 2 aromatic carbocycles. The Hall–Kier alpha value is -3.09. The summed E-state index contributed by atoms with van der Waals surface area (Å²) < 4.78 is 19.7. The van der Waals surface area contributed by atoms with E-state index in [4.69, 9.17) is 4.74 Å². The van der Waals surface area contributed by atoms with E-state index in [0.29, 0.717) is 30.2 Å². The van der Waals surface area contributed by atoms with Crippen LogP contribution in [0.15, 0.2) is 47.6 Å². The van der Waals surface area contributed by atoms with Crippen LogP contribution in [0.25, 0.3) is 0 Å². The number of carbonyl (C=O) groups excluding carboxylic acids is 1. The molecule has 6 nitrogen and oxygen atoms in total. The number of phenols is 1. The Morgan fingerprint density at radius 3 is 2.93 bits per heavy atom. The first kappa shape index (κ1) is 17.3. The zero-order valence-electron chi connectivity index (χ0n) is 15.1. The quantitative estimate of drug-likeness (QED) is 0.883. The molecule has 140 valence electrons. The van der Waals surface area contributed by atoms with Gasteiger partial charge >= 0.3 is 6.03 Å². The molecule has 0 fully saturated rings. The Bertz CT molecular complexity index is 930. The number of hydrogen-bond acceptors (Lipinski definition) is 4. The lowest BCUT2D eigenvalue weighted by Crippen LogP contribution is -2.41. The smallest absolute Gasteiger partial charge is 0.340 e. The minimum atomic E-state index is -0.440. The van der Waals surface area contributed by atoms with Gasteiger partial charge in [0.15, 0.2) is 0 Å². The van der Waals surface area contributed by atoms with E-state index in [9.17, 15) is 14.3 Å². The number of hydrazone groups is 1. The number of urea groups is 1. The molecule has 0 aliphatic carbocycles. The zero-order chi connectivity index (χ0) is 19.1. The SMILES string of the molecule is CCN(C)C(=O)N1N=C2c3cc(F)ccc3OC[C@H]2[C@H]1c1cccc(O)c1. The van der Waals surface area contributed by atoms with Crippen molar-refractivity contribution in [3.8, 4) is 11.5 Å². The molecule has 2 amide bonds. The summed E-state index contributed by atoms with van der Waals surface area (Å²) >= 11 is 0. The van der Waals surface area contributed by atoms with Crippen molar-refractivity contribution >= 4 is 11.7 Å². The van der Waals surface area contributed by atoms with Gasteiger partial charge in [-0.25, -0.2) is 14.2 Å². The maximum atomic E-state index is 13.8. The van der Waals surface area contributed by atoms with Crippen molar-refractivity contribution in [2.75, 3.05) is 20.2 Å². The molecule has 2 aromatic rings. The van der Waals surface area contributed by atoms with Crippen LogP contribution >= 0.6 is 0 Å². The molecule has 0 saturated heterocycles. The predicted octanol–water partition coefficient (Wildman–Crippen LogP) is 3.37. The molecule has 2 heterocycles. The summed E-state index contributed by atoms with van der Waals surface area (Å²) in [5.41, 5.74) is 1.94. The average molecular weight is 369 g/mol. The van der Waals surface area contributed by atoms with E-state index in [1.54, 1.807) is 36.2 Å². The van der Waals surface area contributed by atoms with Crippen LogP contribution in [-0.2, 0) is 0 Å². The molecule has 27 heavy (non-hydrogen) atoms. The summed E-state index contributed by atoms with van der Waals surface area (Å²) in [5, 5.41) is 15.9. The number of nitrogens with zero attached hydrogens (tertiary/aromatic N) is 3. The van der Waals surface area contributed by atoms with Gasteiger partial charge in [0.1, 0.15) is 17.3 Å². The fourth-order valence-electron chi connectivity index (χ4n) is 3.56. The number of phenolic OH excluding ortho intramolecular Hbond substituents is 1. The third kappa shape index (κ3) is 2.89. The minimum Gasteiger partial charge on any atom is -0.508 e. The highest BCUT2D eigenvalue weighted by atomic mass is 19.1. The van der Waals surface area contributed by atoms with Crippen LogP contribution in [0.1, 0.15) is 24.1 Å². The van der Waals surface area contributed by atoms with Crippen molar-refractivity contribution in [3.63, 3.8) is 0 Å². The predicted molar refractivity (Wildman–Crippen MR) is 98.3 cm³/mol. The van der Waals surface area contributed by atoms with Gasteiger partial charge < -0.3 is 14.7 Å². The van der Waals surface area contributed by atoms with Gasteiger partial charge in [-0.15, -0.1) is 0 Å². The number of rotatable bonds is 2. The van der Waals surface area contributed by atoms with Crippen LogP contribution < -0.4 is 4.74 Å². The van der Waals surface area contributed by atoms with Crippen LogP contribution in [0.3, 0.4) is 0 Å². The van der Waals surface area contributed by atoms with Gasteiger partial charge in [-0.1, -0.05) is 12.1 Å². The lowest BCUT2D eigenvalue weighted by Gasteiger charge is -2.31. The second-order valence-electron chi connectivity index (χ2n) is 6.72. The van der Waals surface area contributed by atoms with E-state index in [1.807, 2.05) is 13.0 Å². The molecule has 2 aliphatic rings. The molecular formula is C20H20FN3O3. The van der Waals surface area contributed by atoms with Gasteiger partial charge in [0.2, 0.25) is 0 Å². The number of fused-ring (bicyclic) bond motifs is 3. The van der Waals surface area contributed by atoms with Gasteiger partial charge in [0, 0.05) is 19.2 Å². The standard InChI is InChI=1S/C20H20FN3O3/c1-3-23(2)20(26)24-19(12-5-4-6-14(25)9-12)16-11-27-17-8-7-13(21)10-15(17)18(16)22-24/h4-10,16,19,25H,3,11H2,1-2H3/t16-,19-/m1/s1. The monoisotopic (exact) mass is 369 g/mol. The first-order valence-corrected chi connectivity index (χ1v) is 8.84. The topological polar surface area (TPSA) is 65.4 Å². The molecule has 7 heteroatoms. The van der Waals surface area contributed by atoms with E-state index in [1.165, 1.54) is 17.1 Å². The number of halogens is 1. The zero-order valence-corrected chi connectivity index (χ0v) is 15.1. The summed E-state index contributed by atoms with van der Waals surface area (Å²) in [7, 11) is 1.70. The van der Waals surface area contributed by atoms with E-state index >= 15 is 0 Å². The van der Waals surface area contributed by atoms with Crippen molar-refractivity contribution in [2.24, 2.45) is 11.0 Å². The fourth-order valence-corrected chi connectivity index (χ4v) is 3.56. The summed E-state index contributed by atoms with van der Waals surface area (Å²) in [6, 6.07) is 10.4. The third-order valence-electron chi connectivity index (χ3n) is 5.06. The Morgan fingerprint density at radius 1 is 1.37 bits per heavy atom. The van der Waals surface area contributed by atoms with Crippen LogP contribution in [0.5, 0.6) is 11.5 Å². The summed E-state index contributed by atoms with van der Waals surface area (Å²) in [6.07, 6.45) is 0. The molecule has 0 aromatic heterocycles. The summed E-state index contributed by atoms with van der Waals surface area (Å²) in [5.74, 6) is 0.0277. The summed E-state index contributed by atoms with van der Waals surface area (Å²) in [6.45, 7) is 2.72. The molecular weight excluding hydrogens is 349 g/mol. The largest absolute Gasteiger partial charge is 0.508 e. The average Bonchev–Trinajstić information content (AvgIpc) is 3.06. The fraction of sp³-hybridized carbons (Fsp3) is 0.300. The van der Waals surface area contributed by atoms with Crippen LogP contribution in [-0.4, -0.2) is 47.0 Å². The Labute approximate surface area is 156 Å². The van der Waals surface area contributed by atoms with E-state index in [-0.39, 0.29) is 23.5 Å². The molecule has 2 aliphatic heterocycles. The molecule has 0 saturated carbocycles. The number of hydrogen-bond donors (Lipinski definition) is 1. The Morgan fingerprint density at radius 2 is 2.19 bits per heavy atom. The Balaban J connectivity index is 1.82. The van der Waals surface area contributed by atoms with E-state index in [0.717, 1.165) is 5.56 Å². The first-order valence-electron chi connectivity index (χ1n) is 8.84. The molecule has 4 rings (SSSR count). The number of aromatic hydroxyl groups is 1. The second-order valence-corrected chi connectivity index (χ2v) is 6.72. The molecule has 0 spiro atoms. The van der Waals surface area contributed by atoms with Gasteiger partial charge in [-0.3, -0.25) is 0 Å². The highest BCUT2D eigenvalue weighted by Gasteiger charge is 2.45. The van der Waals surface area contributed by atoms with Crippen molar-refractivity contribution < 1.29 is 19.0 Å². The molecule has 0 unspecified atom stereocenters. The lowest BCUT2D eigenvalue weighted by molar-refractivity contribution is 0.135. The molecule has 0 bridgehead atoms. The highest BCUT2D eigenvalue weighted by Crippen LogP contribution is 2.43. The number of amides is 2. The maximum Gasteiger partial charge on any atom is 0.340 e. The van der Waals surface area contributed by atoms with Crippen LogP contribution in [0.4, 0.5) is 9.18 Å².